The number of aryl methyl sites for hydroxylation is 3. The topological polar surface area (TPSA) is 84.5 Å². The number of hydrogen-bond donors (Lipinski definition) is 2. The Morgan fingerprint density at radius 2 is 1.54 bits per heavy atom. The maximum absolute atomic E-state index is 12.7. The van der Waals surface area contributed by atoms with Gasteiger partial charge in [-0.05, 0) is 31.9 Å². The van der Waals surface area contributed by atoms with E-state index in [1.807, 2.05) is 32.9 Å². The summed E-state index contributed by atoms with van der Waals surface area (Å²) in [6.07, 6.45) is -1.24. The van der Waals surface area contributed by atoms with Crippen molar-refractivity contribution in [3.63, 3.8) is 0 Å². The van der Waals surface area contributed by atoms with E-state index in [1.54, 1.807) is 30.3 Å². The number of carbonyl (C=O) groups is 3. The Hall–Kier alpha value is -3.15. The van der Waals surface area contributed by atoms with Crippen molar-refractivity contribution in [2.45, 2.75) is 26.9 Å². The van der Waals surface area contributed by atoms with Gasteiger partial charge >= 0.3 is 12.0 Å². The molecule has 136 valence electrons. The zero-order chi connectivity index (χ0) is 19.3. The normalized spacial score (nSPS) is 11.4. The van der Waals surface area contributed by atoms with Crippen molar-refractivity contribution in [2.75, 3.05) is 7.05 Å². The Labute approximate surface area is 152 Å². The number of hydrogen-bond acceptors (Lipinski definition) is 4. The predicted molar refractivity (Wildman–Crippen MR) is 97.8 cm³/mol. The number of benzene rings is 2. The summed E-state index contributed by atoms with van der Waals surface area (Å²) in [7, 11) is 1.39. The highest BCUT2D eigenvalue weighted by Crippen LogP contribution is 2.23. The van der Waals surface area contributed by atoms with Crippen LogP contribution in [0.2, 0.25) is 0 Å². The molecule has 2 N–H and O–H groups in total. The molecule has 0 spiro atoms. The van der Waals surface area contributed by atoms with Gasteiger partial charge in [-0.25, -0.2) is 9.59 Å². The highest BCUT2D eigenvalue weighted by atomic mass is 16.5. The number of esters is 1. The number of rotatable bonds is 4. The third-order valence-electron chi connectivity index (χ3n) is 3.91. The van der Waals surface area contributed by atoms with Gasteiger partial charge in [0.2, 0.25) is 6.10 Å². The third kappa shape index (κ3) is 4.47. The van der Waals surface area contributed by atoms with E-state index in [0.29, 0.717) is 11.1 Å². The maximum Gasteiger partial charge on any atom is 0.339 e. The van der Waals surface area contributed by atoms with E-state index in [4.69, 9.17) is 4.74 Å². The van der Waals surface area contributed by atoms with Gasteiger partial charge in [-0.15, -0.1) is 0 Å². The molecule has 0 unspecified atom stereocenters. The van der Waals surface area contributed by atoms with Crippen molar-refractivity contribution >= 4 is 17.9 Å². The fourth-order valence-corrected chi connectivity index (χ4v) is 2.81. The Bertz CT molecular complexity index is 808. The average molecular weight is 354 g/mol. The molecule has 0 aliphatic heterocycles. The van der Waals surface area contributed by atoms with Gasteiger partial charge in [-0.2, -0.15) is 0 Å². The molecule has 0 fully saturated rings. The zero-order valence-electron chi connectivity index (χ0n) is 15.3. The van der Waals surface area contributed by atoms with Crippen LogP contribution in [0.3, 0.4) is 0 Å². The summed E-state index contributed by atoms with van der Waals surface area (Å²) in [5.41, 5.74) is 3.47. The Morgan fingerprint density at radius 3 is 2.08 bits per heavy atom. The first kappa shape index (κ1) is 19.2. The van der Waals surface area contributed by atoms with Crippen LogP contribution >= 0.6 is 0 Å². The van der Waals surface area contributed by atoms with Gasteiger partial charge in [-0.1, -0.05) is 48.0 Å². The van der Waals surface area contributed by atoms with E-state index < -0.39 is 24.0 Å². The molecule has 6 nitrogen and oxygen atoms in total. The van der Waals surface area contributed by atoms with Crippen molar-refractivity contribution in [3.8, 4) is 0 Å². The minimum Gasteiger partial charge on any atom is -0.444 e. The molecule has 26 heavy (non-hydrogen) atoms. The fourth-order valence-electron chi connectivity index (χ4n) is 2.81. The number of imide groups is 1. The zero-order valence-corrected chi connectivity index (χ0v) is 15.3. The van der Waals surface area contributed by atoms with Crippen LogP contribution in [0.25, 0.3) is 0 Å². The Morgan fingerprint density at radius 1 is 0.962 bits per heavy atom. The van der Waals surface area contributed by atoms with E-state index in [9.17, 15) is 14.4 Å². The molecule has 1 atom stereocenters. The highest BCUT2D eigenvalue weighted by molar-refractivity contribution is 5.99. The van der Waals surface area contributed by atoms with Gasteiger partial charge in [0.1, 0.15) is 0 Å². The molecule has 6 heteroatoms. The number of carbonyl (C=O) groups excluding carboxylic acids is 3. The summed E-state index contributed by atoms with van der Waals surface area (Å²) in [5, 5.41) is 4.46. The summed E-state index contributed by atoms with van der Waals surface area (Å²) < 4.78 is 5.50. The molecular formula is C20H22N2O4. The molecule has 0 bridgehead atoms. The maximum atomic E-state index is 12.7. The number of urea groups is 1. The standard InChI is InChI=1S/C20H22N2O4/c1-12-10-13(2)16(14(3)11-12)19(24)26-17(15-8-6-5-7-9-15)18(23)22-20(25)21-4/h5-11,17H,1-4H3,(H2,21,22,23,25)/t17-/m0/s1. The summed E-state index contributed by atoms with van der Waals surface area (Å²) in [4.78, 5) is 36.7. The smallest absolute Gasteiger partial charge is 0.339 e. The lowest BCUT2D eigenvalue weighted by atomic mass is 10.00. The summed E-state index contributed by atoms with van der Waals surface area (Å²) in [5.74, 6) is -1.33. The fraction of sp³-hybridized carbons (Fsp3) is 0.250. The van der Waals surface area contributed by atoms with Gasteiger partial charge in [0, 0.05) is 12.6 Å². The van der Waals surface area contributed by atoms with E-state index in [1.165, 1.54) is 7.05 Å². The first-order valence-electron chi connectivity index (χ1n) is 8.19. The molecule has 0 radical (unpaired) electrons. The molecule has 2 aromatic rings. The minimum absolute atomic E-state index is 0.421. The molecular weight excluding hydrogens is 332 g/mol. The molecule has 0 heterocycles. The lowest BCUT2D eigenvalue weighted by Crippen LogP contribution is -2.41. The second-order valence-electron chi connectivity index (χ2n) is 6.04. The third-order valence-corrected chi connectivity index (χ3v) is 3.91. The van der Waals surface area contributed by atoms with Crippen LogP contribution in [0.15, 0.2) is 42.5 Å². The van der Waals surface area contributed by atoms with Crippen LogP contribution in [-0.4, -0.2) is 25.0 Å². The van der Waals surface area contributed by atoms with Crippen LogP contribution < -0.4 is 10.6 Å². The van der Waals surface area contributed by atoms with Gasteiger partial charge in [0.05, 0.1) is 5.56 Å². The number of ether oxygens (including phenoxy) is 1. The van der Waals surface area contributed by atoms with Crippen molar-refractivity contribution in [1.29, 1.82) is 0 Å². The van der Waals surface area contributed by atoms with Gasteiger partial charge < -0.3 is 10.1 Å². The van der Waals surface area contributed by atoms with Gasteiger partial charge in [0.15, 0.2) is 0 Å². The SMILES string of the molecule is CNC(=O)NC(=O)[C@@H](OC(=O)c1c(C)cc(C)cc1C)c1ccccc1. The van der Waals surface area contributed by atoms with E-state index in [-0.39, 0.29) is 0 Å². The molecule has 0 saturated heterocycles. The van der Waals surface area contributed by atoms with Crippen molar-refractivity contribution in [2.24, 2.45) is 0 Å². The Balaban J connectivity index is 2.34. The van der Waals surface area contributed by atoms with Crippen molar-refractivity contribution in [1.82, 2.24) is 10.6 Å². The second kappa shape index (κ2) is 8.29. The molecule has 2 aromatic carbocycles. The van der Waals surface area contributed by atoms with Gasteiger partial charge in [0.25, 0.3) is 5.91 Å². The Kier molecular flexibility index (Phi) is 6.11. The van der Waals surface area contributed by atoms with Crippen LogP contribution in [0.5, 0.6) is 0 Å². The van der Waals surface area contributed by atoms with Crippen LogP contribution in [0.1, 0.15) is 38.7 Å². The number of nitrogens with one attached hydrogen (secondary N) is 2. The molecule has 0 aliphatic carbocycles. The molecule has 0 aromatic heterocycles. The predicted octanol–water partition coefficient (Wildman–Crippen LogP) is 2.97. The van der Waals surface area contributed by atoms with E-state index in [2.05, 4.69) is 10.6 Å². The average Bonchev–Trinajstić information content (AvgIpc) is 2.59. The lowest BCUT2D eigenvalue weighted by Gasteiger charge is -2.19. The first-order valence-corrected chi connectivity index (χ1v) is 8.19. The molecule has 3 amide bonds. The largest absolute Gasteiger partial charge is 0.444 e. The van der Waals surface area contributed by atoms with Crippen molar-refractivity contribution in [3.05, 3.63) is 70.3 Å². The quantitative estimate of drug-likeness (QED) is 0.827. The summed E-state index contributed by atoms with van der Waals surface area (Å²) in [6.45, 7) is 5.58. The van der Waals surface area contributed by atoms with E-state index >= 15 is 0 Å². The van der Waals surface area contributed by atoms with Gasteiger partial charge in [-0.3, -0.25) is 10.1 Å². The second-order valence-corrected chi connectivity index (χ2v) is 6.04. The van der Waals surface area contributed by atoms with Crippen LogP contribution in [0, 0.1) is 20.8 Å². The molecule has 0 saturated carbocycles. The van der Waals surface area contributed by atoms with E-state index in [0.717, 1.165) is 16.7 Å². The highest BCUT2D eigenvalue weighted by Gasteiger charge is 2.28. The first-order chi connectivity index (χ1) is 12.3. The monoisotopic (exact) mass is 354 g/mol. The number of amides is 3. The lowest BCUT2D eigenvalue weighted by molar-refractivity contribution is -0.129. The van der Waals surface area contributed by atoms with Crippen LogP contribution in [-0.2, 0) is 9.53 Å². The molecule has 2 rings (SSSR count). The van der Waals surface area contributed by atoms with Crippen LogP contribution in [0.4, 0.5) is 4.79 Å². The summed E-state index contributed by atoms with van der Waals surface area (Å²) in [6, 6.07) is 11.7. The summed E-state index contributed by atoms with van der Waals surface area (Å²) >= 11 is 0. The molecule has 0 aliphatic rings. The minimum atomic E-state index is -1.24. The van der Waals surface area contributed by atoms with Crippen molar-refractivity contribution < 1.29 is 19.1 Å².